The molecule has 1 saturated carbocycles. The molecule has 1 N–H and O–H groups in total. The van der Waals surface area contributed by atoms with Crippen LogP contribution in [0, 0.1) is 5.41 Å². The van der Waals surface area contributed by atoms with E-state index >= 15 is 0 Å². The third-order valence-corrected chi connectivity index (χ3v) is 4.41. The van der Waals surface area contributed by atoms with Gasteiger partial charge in [-0.25, -0.2) is 0 Å². The molecule has 1 fully saturated rings. The summed E-state index contributed by atoms with van der Waals surface area (Å²) >= 11 is 0. The van der Waals surface area contributed by atoms with Gasteiger partial charge in [-0.15, -0.1) is 0 Å². The minimum atomic E-state index is -0.133. The van der Waals surface area contributed by atoms with Gasteiger partial charge in [0.15, 0.2) is 0 Å². The van der Waals surface area contributed by atoms with Crippen molar-refractivity contribution in [3.05, 3.63) is 29.8 Å². The zero-order valence-corrected chi connectivity index (χ0v) is 10.9. The van der Waals surface area contributed by atoms with Crippen LogP contribution in [-0.4, -0.2) is 26.0 Å². The first-order chi connectivity index (χ1) is 8.77. The van der Waals surface area contributed by atoms with Gasteiger partial charge in [-0.1, -0.05) is 24.6 Å². The Hall–Kier alpha value is -1.35. The van der Waals surface area contributed by atoms with Crippen LogP contribution in [0.2, 0.25) is 0 Å². The first kappa shape index (κ1) is 11.7. The number of para-hydroxylation sites is 1. The number of carbonyl (C=O) groups is 1. The molecule has 0 bridgehead atoms. The van der Waals surface area contributed by atoms with E-state index in [-0.39, 0.29) is 5.41 Å². The van der Waals surface area contributed by atoms with E-state index in [4.69, 9.17) is 0 Å². The van der Waals surface area contributed by atoms with Gasteiger partial charge < -0.3 is 10.2 Å². The van der Waals surface area contributed by atoms with Crippen LogP contribution >= 0.6 is 0 Å². The normalized spacial score (nSPS) is 20.4. The van der Waals surface area contributed by atoms with Gasteiger partial charge in [0.05, 0.1) is 5.41 Å². The van der Waals surface area contributed by atoms with Crippen LogP contribution in [0.1, 0.15) is 24.8 Å². The van der Waals surface area contributed by atoms with Crippen LogP contribution in [0.3, 0.4) is 0 Å². The third-order valence-electron chi connectivity index (χ3n) is 4.41. The molecule has 1 aliphatic carbocycles. The smallest absolute Gasteiger partial charge is 0.234 e. The summed E-state index contributed by atoms with van der Waals surface area (Å²) in [6, 6.07) is 8.29. The van der Waals surface area contributed by atoms with Gasteiger partial charge in [0.2, 0.25) is 5.91 Å². The number of amides is 1. The molecule has 3 heteroatoms. The summed E-state index contributed by atoms with van der Waals surface area (Å²) in [4.78, 5) is 14.8. The van der Waals surface area contributed by atoms with Crippen molar-refractivity contribution in [2.45, 2.75) is 25.7 Å². The van der Waals surface area contributed by atoms with Crippen molar-refractivity contribution < 1.29 is 4.79 Å². The Labute approximate surface area is 108 Å². The summed E-state index contributed by atoms with van der Waals surface area (Å²) in [5.41, 5.74) is 2.31. The molecular formula is C15H20N2O. The van der Waals surface area contributed by atoms with Gasteiger partial charge in [0, 0.05) is 18.8 Å². The van der Waals surface area contributed by atoms with Crippen molar-refractivity contribution in [1.82, 2.24) is 5.32 Å². The molecule has 0 unspecified atom stereocenters. The van der Waals surface area contributed by atoms with E-state index < -0.39 is 0 Å². The zero-order chi connectivity index (χ0) is 12.6. The van der Waals surface area contributed by atoms with Crippen molar-refractivity contribution >= 4 is 11.6 Å². The average molecular weight is 244 g/mol. The first-order valence-corrected chi connectivity index (χ1v) is 6.81. The largest absolute Gasteiger partial charge is 0.319 e. The van der Waals surface area contributed by atoms with Crippen molar-refractivity contribution in [3.63, 3.8) is 0 Å². The first-order valence-electron chi connectivity index (χ1n) is 6.81. The number of hydrogen-bond donors (Lipinski definition) is 1. The molecule has 1 amide bonds. The minimum Gasteiger partial charge on any atom is -0.319 e. The monoisotopic (exact) mass is 244 g/mol. The molecule has 1 aromatic carbocycles. The van der Waals surface area contributed by atoms with Crippen molar-refractivity contribution in [3.8, 4) is 0 Å². The molecule has 1 aromatic rings. The highest BCUT2D eigenvalue weighted by molar-refractivity contribution is 6.00. The van der Waals surface area contributed by atoms with Gasteiger partial charge >= 0.3 is 0 Å². The Kier molecular flexibility index (Phi) is 2.86. The lowest BCUT2D eigenvalue weighted by atomic mass is 9.67. The van der Waals surface area contributed by atoms with Gasteiger partial charge in [0.25, 0.3) is 0 Å². The van der Waals surface area contributed by atoms with Gasteiger partial charge in [0.1, 0.15) is 0 Å². The van der Waals surface area contributed by atoms with Crippen LogP contribution in [0.5, 0.6) is 0 Å². The summed E-state index contributed by atoms with van der Waals surface area (Å²) in [6.45, 7) is 1.66. The molecule has 1 aliphatic heterocycles. The Balaban J connectivity index is 1.86. The van der Waals surface area contributed by atoms with Crippen LogP contribution in [0.25, 0.3) is 0 Å². The highest BCUT2D eigenvalue weighted by atomic mass is 16.2. The van der Waals surface area contributed by atoms with E-state index in [2.05, 4.69) is 23.5 Å². The van der Waals surface area contributed by atoms with E-state index in [1.54, 1.807) is 0 Å². The van der Waals surface area contributed by atoms with Crippen LogP contribution < -0.4 is 10.2 Å². The number of carbonyl (C=O) groups excluding carboxylic acids is 1. The average Bonchev–Trinajstić information content (AvgIpc) is 2.76. The highest BCUT2D eigenvalue weighted by Gasteiger charge is 2.46. The van der Waals surface area contributed by atoms with Crippen LogP contribution in [-0.2, 0) is 11.2 Å². The third kappa shape index (κ3) is 1.65. The standard InChI is InChI=1S/C15H20N2O/c1-16-11-15(8-4-9-15)14(18)17-10-7-12-5-2-3-6-13(12)17/h2-3,5-6,16H,4,7-11H2,1H3. The fourth-order valence-electron chi connectivity index (χ4n) is 3.24. The molecule has 2 aliphatic rings. The van der Waals surface area contributed by atoms with Gasteiger partial charge in [-0.3, -0.25) is 4.79 Å². The Morgan fingerprint density at radius 2 is 2.17 bits per heavy atom. The highest BCUT2D eigenvalue weighted by Crippen LogP contribution is 2.44. The number of fused-ring (bicyclic) bond motifs is 1. The Bertz CT molecular complexity index is 465. The maximum absolute atomic E-state index is 12.8. The Morgan fingerprint density at radius 1 is 1.39 bits per heavy atom. The second-order valence-electron chi connectivity index (χ2n) is 5.50. The van der Waals surface area contributed by atoms with Gasteiger partial charge in [-0.05, 0) is 37.9 Å². The topological polar surface area (TPSA) is 32.3 Å². The van der Waals surface area contributed by atoms with E-state index in [1.165, 1.54) is 12.0 Å². The van der Waals surface area contributed by atoms with Gasteiger partial charge in [-0.2, -0.15) is 0 Å². The minimum absolute atomic E-state index is 0.133. The lowest BCUT2D eigenvalue weighted by molar-refractivity contribution is -0.132. The molecule has 0 atom stereocenters. The van der Waals surface area contributed by atoms with Crippen LogP contribution in [0.4, 0.5) is 5.69 Å². The second-order valence-corrected chi connectivity index (χ2v) is 5.50. The SMILES string of the molecule is CNCC1(C(=O)N2CCc3ccccc32)CCC1. The number of nitrogens with one attached hydrogen (secondary N) is 1. The Morgan fingerprint density at radius 3 is 2.83 bits per heavy atom. The number of hydrogen-bond acceptors (Lipinski definition) is 2. The van der Waals surface area contributed by atoms with Crippen molar-refractivity contribution in [1.29, 1.82) is 0 Å². The predicted octanol–water partition coefficient (Wildman–Crippen LogP) is 1.97. The molecule has 0 aromatic heterocycles. The number of rotatable bonds is 3. The molecule has 0 saturated heterocycles. The van der Waals surface area contributed by atoms with Crippen molar-refractivity contribution in [2.75, 3.05) is 25.0 Å². The zero-order valence-electron chi connectivity index (χ0n) is 10.9. The molecule has 0 spiro atoms. The van der Waals surface area contributed by atoms with E-state index in [0.29, 0.717) is 5.91 Å². The molecular weight excluding hydrogens is 224 g/mol. The number of benzene rings is 1. The summed E-state index contributed by atoms with van der Waals surface area (Å²) in [7, 11) is 1.94. The fourth-order valence-corrected chi connectivity index (χ4v) is 3.24. The summed E-state index contributed by atoms with van der Waals surface area (Å²) in [6.07, 6.45) is 4.25. The quantitative estimate of drug-likeness (QED) is 0.881. The number of anilines is 1. The maximum Gasteiger partial charge on any atom is 0.234 e. The van der Waals surface area contributed by atoms with Crippen LogP contribution in [0.15, 0.2) is 24.3 Å². The summed E-state index contributed by atoms with van der Waals surface area (Å²) in [5, 5.41) is 3.19. The maximum atomic E-state index is 12.8. The van der Waals surface area contributed by atoms with Crippen molar-refractivity contribution in [2.24, 2.45) is 5.41 Å². The summed E-state index contributed by atoms with van der Waals surface area (Å²) < 4.78 is 0. The molecule has 0 radical (unpaired) electrons. The van der Waals surface area contributed by atoms with E-state index in [1.807, 2.05) is 18.0 Å². The summed E-state index contributed by atoms with van der Waals surface area (Å²) in [5.74, 6) is 0.327. The molecule has 3 rings (SSSR count). The lowest BCUT2D eigenvalue weighted by Crippen LogP contribution is -2.52. The second kappa shape index (κ2) is 4.39. The lowest BCUT2D eigenvalue weighted by Gasteiger charge is -2.42. The molecule has 96 valence electrons. The fraction of sp³-hybridized carbons (Fsp3) is 0.533. The van der Waals surface area contributed by atoms with E-state index in [9.17, 15) is 4.79 Å². The number of nitrogens with zero attached hydrogens (tertiary/aromatic N) is 1. The van der Waals surface area contributed by atoms with E-state index in [0.717, 1.165) is 38.0 Å². The predicted molar refractivity (Wildman–Crippen MR) is 72.7 cm³/mol. The molecule has 1 heterocycles. The molecule has 18 heavy (non-hydrogen) atoms. The molecule has 3 nitrogen and oxygen atoms in total.